The van der Waals surface area contributed by atoms with Crippen molar-refractivity contribution in [1.29, 1.82) is 0 Å². The van der Waals surface area contributed by atoms with Crippen LogP contribution in [-0.2, 0) is 30.5 Å². The Balaban J connectivity index is 1.93. The molecule has 0 aromatic heterocycles. The van der Waals surface area contributed by atoms with E-state index in [2.05, 4.69) is 0 Å². The van der Waals surface area contributed by atoms with E-state index in [0.717, 1.165) is 0 Å². The van der Waals surface area contributed by atoms with Gasteiger partial charge in [0.05, 0.1) is 25.7 Å². The fraction of sp³-hybridized carbons (Fsp3) is 0.219. The lowest BCUT2D eigenvalue weighted by Crippen LogP contribution is -2.11. The van der Waals surface area contributed by atoms with E-state index in [1.807, 2.05) is 0 Å². The zero-order chi connectivity index (χ0) is 31.6. The normalized spacial score (nSPS) is 12.4. The summed E-state index contributed by atoms with van der Waals surface area (Å²) < 4.78 is 116. The van der Waals surface area contributed by atoms with Crippen LogP contribution in [-0.4, -0.2) is 29.6 Å². The SMILES string of the molecule is O=C(O)Cc1cc(-c2ccc(CC(F)(F)F)cc2)c(-c2ccc(CC(F)(F)F)cc2)c(-c2ccc(CC(F)(F)F)cc2)c1. The van der Waals surface area contributed by atoms with Crippen molar-refractivity contribution in [3.05, 3.63) is 107 Å². The van der Waals surface area contributed by atoms with Crippen molar-refractivity contribution < 1.29 is 49.4 Å². The average Bonchev–Trinajstić information content (AvgIpc) is 2.87. The highest BCUT2D eigenvalue weighted by molar-refractivity contribution is 5.95. The monoisotopic (exact) mass is 610 g/mol. The molecule has 226 valence electrons. The Kier molecular flexibility index (Phi) is 8.94. The summed E-state index contributed by atoms with van der Waals surface area (Å²) in [5.74, 6) is -1.18. The zero-order valence-corrected chi connectivity index (χ0v) is 22.2. The molecule has 0 aliphatic rings. The van der Waals surface area contributed by atoms with Crippen molar-refractivity contribution in [3.63, 3.8) is 0 Å². The lowest BCUT2D eigenvalue weighted by atomic mass is 9.84. The minimum atomic E-state index is -4.45. The summed E-state index contributed by atoms with van der Waals surface area (Å²) in [6.07, 6.45) is -17.3. The second kappa shape index (κ2) is 12.1. The highest BCUT2D eigenvalue weighted by Gasteiger charge is 2.29. The standard InChI is InChI=1S/C32H23F9O2/c33-30(34,35)16-19-1-7-23(8-2-19)26-13-22(15-28(42)43)14-27(24-9-3-20(4-10-24)17-31(36,37)38)29(26)25-11-5-21(6-12-25)18-32(39,40)41/h1-14H,15-18H2,(H,42,43). The predicted molar refractivity (Wildman–Crippen MR) is 143 cm³/mol. The van der Waals surface area contributed by atoms with Gasteiger partial charge in [-0.05, 0) is 67.8 Å². The van der Waals surface area contributed by atoms with Crippen LogP contribution in [0.3, 0.4) is 0 Å². The maximum absolute atomic E-state index is 13.0. The molecule has 1 N–H and O–H groups in total. The van der Waals surface area contributed by atoms with Gasteiger partial charge in [0.2, 0.25) is 0 Å². The van der Waals surface area contributed by atoms with E-state index in [4.69, 9.17) is 0 Å². The van der Waals surface area contributed by atoms with Gasteiger partial charge in [-0.3, -0.25) is 4.79 Å². The summed E-state index contributed by atoms with van der Waals surface area (Å²) in [4.78, 5) is 11.6. The Morgan fingerprint density at radius 2 is 0.791 bits per heavy atom. The summed E-state index contributed by atoms with van der Waals surface area (Å²) in [7, 11) is 0. The van der Waals surface area contributed by atoms with Gasteiger partial charge in [-0.2, -0.15) is 39.5 Å². The first-order valence-corrected chi connectivity index (χ1v) is 12.8. The molecule has 0 spiro atoms. The smallest absolute Gasteiger partial charge is 0.393 e. The molecule has 0 atom stereocenters. The van der Waals surface area contributed by atoms with E-state index in [9.17, 15) is 49.4 Å². The lowest BCUT2D eigenvalue weighted by Gasteiger charge is -2.19. The largest absolute Gasteiger partial charge is 0.481 e. The van der Waals surface area contributed by atoms with Gasteiger partial charge in [-0.15, -0.1) is 0 Å². The number of carbonyl (C=O) groups is 1. The lowest BCUT2D eigenvalue weighted by molar-refractivity contribution is -0.136. The molecule has 43 heavy (non-hydrogen) atoms. The van der Waals surface area contributed by atoms with Gasteiger partial charge in [0.15, 0.2) is 0 Å². The number of aliphatic carboxylic acids is 1. The average molecular weight is 611 g/mol. The summed E-state index contributed by atoms with van der Waals surface area (Å²) >= 11 is 0. The number of rotatable bonds is 8. The number of benzene rings is 4. The number of carboxylic acid groups (broad SMARTS) is 1. The highest BCUT2D eigenvalue weighted by atomic mass is 19.4. The van der Waals surface area contributed by atoms with Crippen LogP contribution < -0.4 is 0 Å². The molecule has 0 aliphatic carbocycles. The van der Waals surface area contributed by atoms with E-state index in [0.29, 0.717) is 38.9 Å². The molecular weight excluding hydrogens is 587 g/mol. The third-order valence-corrected chi connectivity index (χ3v) is 6.54. The fourth-order valence-electron chi connectivity index (χ4n) is 4.83. The molecule has 4 aromatic rings. The first-order chi connectivity index (χ1) is 20.0. The van der Waals surface area contributed by atoms with E-state index >= 15 is 0 Å². The number of hydrogen-bond donors (Lipinski definition) is 1. The number of carboxylic acids is 1. The molecule has 0 fully saturated rings. The maximum atomic E-state index is 13.0. The van der Waals surface area contributed by atoms with Crippen LogP contribution in [0.4, 0.5) is 39.5 Å². The quantitative estimate of drug-likeness (QED) is 0.202. The Bertz CT molecular complexity index is 1480. The second-order valence-corrected chi connectivity index (χ2v) is 10.1. The first-order valence-electron chi connectivity index (χ1n) is 12.8. The summed E-state index contributed by atoms with van der Waals surface area (Å²) in [5.41, 5.74) is 2.66. The van der Waals surface area contributed by atoms with Crippen molar-refractivity contribution in [3.8, 4) is 33.4 Å². The van der Waals surface area contributed by atoms with Crippen molar-refractivity contribution in [2.75, 3.05) is 0 Å². The predicted octanol–water partition coefficient (Wildman–Crippen LogP) is 9.63. The maximum Gasteiger partial charge on any atom is 0.393 e. The van der Waals surface area contributed by atoms with Crippen LogP contribution in [0.5, 0.6) is 0 Å². The minimum Gasteiger partial charge on any atom is -0.481 e. The zero-order valence-electron chi connectivity index (χ0n) is 22.2. The van der Waals surface area contributed by atoms with Crippen LogP contribution in [0.15, 0.2) is 84.9 Å². The van der Waals surface area contributed by atoms with Gasteiger partial charge < -0.3 is 5.11 Å². The molecule has 0 saturated carbocycles. The van der Waals surface area contributed by atoms with Crippen molar-refractivity contribution in [1.82, 2.24) is 0 Å². The molecule has 0 radical (unpaired) electrons. The molecule has 0 bridgehead atoms. The Morgan fingerprint density at radius 3 is 1.07 bits per heavy atom. The van der Waals surface area contributed by atoms with Crippen molar-refractivity contribution >= 4 is 5.97 Å². The molecule has 0 aliphatic heterocycles. The molecule has 2 nitrogen and oxygen atoms in total. The van der Waals surface area contributed by atoms with Crippen LogP contribution in [0, 0.1) is 0 Å². The molecule has 0 unspecified atom stereocenters. The van der Waals surface area contributed by atoms with Crippen LogP contribution >= 0.6 is 0 Å². The van der Waals surface area contributed by atoms with Gasteiger partial charge in [0.1, 0.15) is 0 Å². The Labute approximate surface area is 240 Å². The summed E-state index contributed by atoms with van der Waals surface area (Å²) in [6.45, 7) is 0. The van der Waals surface area contributed by atoms with Gasteiger partial charge in [-0.25, -0.2) is 0 Å². The van der Waals surface area contributed by atoms with Crippen LogP contribution in [0.1, 0.15) is 22.3 Å². The van der Waals surface area contributed by atoms with E-state index < -0.39 is 50.2 Å². The van der Waals surface area contributed by atoms with E-state index in [1.54, 1.807) is 0 Å². The summed E-state index contributed by atoms with van der Waals surface area (Å²) in [5, 5.41) is 9.48. The third kappa shape index (κ3) is 9.10. The minimum absolute atomic E-state index is 0.0172. The van der Waals surface area contributed by atoms with Gasteiger partial charge in [-0.1, -0.05) is 72.8 Å². The van der Waals surface area contributed by atoms with Crippen molar-refractivity contribution in [2.24, 2.45) is 0 Å². The highest BCUT2D eigenvalue weighted by Crippen LogP contribution is 2.42. The van der Waals surface area contributed by atoms with E-state index in [1.165, 1.54) is 84.9 Å². The molecule has 4 aromatic carbocycles. The van der Waals surface area contributed by atoms with E-state index in [-0.39, 0.29) is 16.7 Å². The fourth-order valence-corrected chi connectivity index (χ4v) is 4.83. The number of hydrogen-bond acceptors (Lipinski definition) is 1. The van der Waals surface area contributed by atoms with Crippen LogP contribution in [0.2, 0.25) is 0 Å². The Hall–Kier alpha value is -4.28. The molecular formula is C32H23F9O2. The third-order valence-electron chi connectivity index (χ3n) is 6.54. The molecule has 0 heterocycles. The topological polar surface area (TPSA) is 37.3 Å². The van der Waals surface area contributed by atoms with Crippen molar-refractivity contribution in [2.45, 2.75) is 44.2 Å². The number of alkyl halides is 9. The second-order valence-electron chi connectivity index (χ2n) is 10.1. The van der Waals surface area contributed by atoms with Gasteiger partial charge in [0.25, 0.3) is 0 Å². The van der Waals surface area contributed by atoms with Gasteiger partial charge >= 0.3 is 24.5 Å². The Morgan fingerprint density at radius 1 is 0.488 bits per heavy atom. The molecule has 0 amide bonds. The summed E-state index contributed by atoms with van der Waals surface area (Å²) in [6, 6.07) is 19.3. The molecule has 0 saturated heterocycles. The number of halogens is 9. The molecule has 11 heteroatoms. The van der Waals surface area contributed by atoms with Crippen LogP contribution in [0.25, 0.3) is 33.4 Å². The first kappa shape index (κ1) is 31.7. The molecule has 4 rings (SSSR count). The van der Waals surface area contributed by atoms with Gasteiger partial charge in [0, 0.05) is 0 Å².